The van der Waals surface area contributed by atoms with E-state index in [1.807, 2.05) is 0 Å². The topological polar surface area (TPSA) is 30.9 Å². The Morgan fingerprint density at radius 1 is 1.04 bits per heavy atom. The quantitative estimate of drug-likeness (QED) is 0.737. The molecule has 0 bridgehead atoms. The van der Waals surface area contributed by atoms with Crippen LogP contribution in [0.3, 0.4) is 0 Å². The zero-order valence-electron chi connectivity index (χ0n) is 18.3. The van der Waals surface area contributed by atoms with Gasteiger partial charge in [-0.05, 0) is 89.4 Å². The molecule has 4 nitrogen and oxygen atoms in total. The first-order valence-electron chi connectivity index (χ1n) is 11.1. The van der Waals surface area contributed by atoms with E-state index in [2.05, 4.69) is 57.7 Å². The highest BCUT2D eigenvalue weighted by atomic mass is 16.7. The van der Waals surface area contributed by atoms with Crippen LogP contribution >= 0.6 is 0 Å². The monoisotopic (exact) mass is 385 g/mol. The third kappa shape index (κ3) is 3.91. The molecule has 0 radical (unpaired) electrons. The Bertz CT molecular complexity index is 683. The lowest BCUT2D eigenvalue weighted by Crippen LogP contribution is -2.41. The summed E-state index contributed by atoms with van der Waals surface area (Å²) in [6.07, 6.45) is 4.87. The SMILES string of the molecule is CC1CCCN1Cc1cc(B2OC(C)(C)C(C)(C)O2)ccc1C1CCOCC1. The van der Waals surface area contributed by atoms with E-state index in [4.69, 9.17) is 14.0 Å². The standard InChI is InChI=1S/C23H36BNO3/c1-17-7-6-12-25(17)16-19-15-20(24-27-22(2,3)23(4,5)28-24)8-9-21(19)18-10-13-26-14-11-18/h8-9,15,17-18H,6-7,10-14,16H2,1-5H3. The number of nitrogens with zero attached hydrogens (tertiary/aromatic N) is 1. The molecule has 3 fully saturated rings. The summed E-state index contributed by atoms with van der Waals surface area (Å²) in [5.74, 6) is 0.606. The molecule has 0 N–H and O–H groups in total. The van der Waals surface area contributed by atoms with Crippen LogP contribution in [-0.4, -0.2) is 49.0 Å². The van der Waals surface area contributed by atoms with Crippen molar-refractivity contribution in [2.45, 2.75) is 90.0 Å². The van der Waals surface area contributed by atoms with Crippen molar-refractivity contribution in [3.05, 3.63) is 29.3 Å². The molecule has 0 amide bonds. The van der Waals surface area contributed by atoms with Gasteiger partial charge in [0.25, 0.3) is 0 Å². The average molecular weight is 385 g/mol. The summed E-state index contributed by atoms with van der Waals surface area (Å²) in [5.41, 5.74) is 3.49. The summed E-state index contributed by atoms with van der Waals surface area (Å²) >= 11 is 0. The first-order chi connectivity index (χ1) is 13.3. The lowest BCUT2D eigenvalue weighted by Gasteiger charge is -2.32. The Labute approximate surface area is 171 Å². The van der Waals surface area contributed by atoms with Crippen LogP contribution in [0.25, 0.3) is 0 Å². The van der Waals surface area contributed by atoms with Gasteiger partial charge in [-0.15, -0.1) is 0 Å². The van der Waals surface area contributed by atoms with Crippen LogP contribution in [0.5, 0.6) is 0 Å². The lowest BCUT2D eigenvalue weighted by atomic mass is 9.76. The Morgan fingerprint density at radius 2 is 1.71 bits per heavy atom. The van der Waals surface area contributed by atoms with Crippen LogP contribution in [0.4, 0.5) is 0 Å². The van der Waals surface area contributed by atoms with E-state index in [-0.39, 0.29) is 18.3 Å². The molecular weight excluding hydrogens is 349 g/mol. The Hall–Kier alpha value is -0.875. The lowest BCUT2D eigenvalue weighted by molar-refractivity contribution is 0.00578. The molecule has 1 aromatic rings. The minimum Gasteiger partial charge on any atom is -0.399 e. The van der Waals surface area contributed by atoms with Crippen molar-refractivity contribution in [2.24, 2.45) is 0 Å². The van der Waals surface area contributed by atoms with Crippen molar-refractivity contribution in [2.75, 3.05) is 19.8 Å². The van der Waals surface area contributed by atoms with Gasteiger partial charge in [-0.2, -0.15) is 0 Å². The number of hydrogen-bond acceptors (Lipinski definition) is 4. The first-order valence-corrected chi connectivity index (χ1v) is 11.1. The van der Waals surface area contributed by atoms with Crippen LogP contribution in [0.1, 0.15) is 77.3 Å². The number of rotatable bonds is 4. The highest BCUT2D eigenvalue weighted by molar-refractivity contribution is 6.62. The number of hydrogen-bond donors (Lipinski definition) is 0. The number of benzene rings is 1. The van der Waals surface area contributed by atoms with Crippen molar-refractivity contribution in [3.8, 4) is 0 Å². The summed E-state index contributed by atoms with van der Waals surface area (Å²) in [6, 6.07) is 7.59. The van der Waals surface area contributed by atoms with Gasteiger partial charge in [-0.1, -0.05) is 18.2 Å². The van der Waals surface area contributed by atoms with Gasteiger partial charge < -0.3 is 14.0 Å². The molecule has 3 aliphatic heterocycles. The summed E-state index contributed by atoms with van der Waals surface area (Å²) in [5, 5.41) is 0. The fraction of sp³-hybridized carbons (Fsp3) is 0.739. The minimum absolute atomic E-state index is 0.288. The maximum absolute atomic E-state index is 6.33. The van der Waals surface area contributed by atoms with Gasteiger partial charge in [-0.25, -0.2) is 0 Å². The van der Waals surface area contributed by atoms with Crippen molar-refractivity contribution in [3.63, 3.8) is 0 Å². The fourth-order valence-electron chi connectivity index (χ4n) is 4.74. The van der Waals surface area contributed by atoms with Crippen molar-refractivity contribution < 1.29 is 14.0 Å². The molecule has 3 saturated heterocycles. The van der Waals surface area contributed by atoms with E-state index < -0.39 is 0 Å². The molecule has 28 heavy (non-hydrogen) atoms. The molecule has 1 aromatic carbocycles. The van der Waals surface area contributed by atoms with Gasteiger partial charge in [0.15, 0.2) is 0 Å². The van der Waals surface area contributed by atoms with Crippen LogP contribution in [0.15, 0.2) is 18.2 Å². The van der Waals surface area contributed by atoms with E-state index in [0.29, 0.717) is 12.0 Å². The zero-order valence-corrected chi connectivity index (χ0v) is 18.3. The van der Waals surface area contributed by atoms with Crippen LogP contribution in [-0.2, 0) is 20.6 Å². The summed E-state index contributed by atoms with van der Waals surface area (Å²) in [4.78, 5) is 2.63. The van der Waals surface area contributed by atoms with Gasteiger partial charge in [0.05, 0.1) is 11.2 Å². The maximum Gasteiger partial charge on any atom is 0.494 e. The second-order valence-electron chi connectivity index (χ2n) is 9.89. The minimum atomic E-state index is -0.305. The van der Waals surface area contributed by atoms with E-state index in [0.717, 1.165) is 38.1 Å². The molecule has 4 rings (SSSR count). The molecule has 0 aliphatic carbocycles. The van der Waals surface area contributed by atoms with Crippen LogP contribution in [0, 0.1) is 0 Å². The highest BCUT2D eigenvalue weighted by Gasteiger charge is 2.51. The molecule has 0 spiro atoms. The van der Waals surface area contributed by atoms with Gasteiger partial charge in [0.1, 0.15) is 0 Å². The predicted molar refractivity (Wildman–Crippen MR) is 114 cm³/mol. The van der Waals surface area contributed by atoms with Crippen molar-refractivity contribution in [1.29, 1.82) is 0 Å². The van der Waals surface area contributed by atoms with Crippen LogP contribution in [0.2, 0.25) is 0 Å². The van der Waals surface area contributed by atoms with Crippen LogP contribution < -0.4 is 5.46 Å². The number of likely N-dealkylation sites (tertiary alicyclic amines) is 1. The number of ether oxygens (including phenoxy) is 1. The van der Waals surface area contributed by atoms with E-state index >= 15 is 0 Å². The molecule has 1 unspecified atom stereocenters. The molecular formula is C23H36BNO3. The molecule has 5 heteroatoms. The molecule has 1 atom stereocenters. The largest absolute Gasteiger partial charge is 0.494 e. The smallest absolute Gasteiger partial charge is 0.399 e. The fourth-order valence-corrected chi connectivity index (χ4v) is 4.74. The van der Waals surface area contributed by atoms with Gasteiger partial charge in [0, 0.05) is 25.8 Å². The van der Waals surface area contributed by atoms with Crippen molar-refractivity contribution in [1.82, 2.24) is 4.90 Å². The summed E-state index contributed by atoms with van der Waals surface area (Å²) < 4.78 is 18.3. The average Bonchev–Trinajstić information content (AvgIpc) is 3.15. The second kappa shape index (κ2) is 7.75. The normalized spacial score (nSPS) is 28.2. The third-order valence-electron chi connectivity index (χ3n) is 7.42. The van der Waals surface area contributed by atoms with Gasteiger partial charge in [0.2, 0.25) is 0 Å². The second-order valence-corrected chi connectivity index (χ2v) is 9.89. The third-order valence-corrected chi connectivity index (χ3v) is 7.42. The zero-order chi connectivity index (χ0) is 19.9. The van der Waals surface area contributed by atoms with Gasteiger partial charge in [-0.3, -0.25) is 4.90 Å². The molecule has 3 aliphatic rings. The first kappa shape index (κ1) is 20.4. The van der Waals surface area contributed by atoms with E-state index in [1.165, 1.54) is 30.5 Å². The van der Waals surface area contributed by atoms with E-state index in [1.54, 1.807) is 0 Å². The van der Waals surface area contributed by atoms with E-state index in [9.17, 15) is 0 Å². The molecule has 154 valence electrons. The van der Waals surface area contributed by atoms with Gasteiger partial charge >= 0.3 is 7.12 Å². The Balaban J connectivity index is 1.63. The summed E-state index contributed by atoms with van der Waals surface area (Å²) in [6.45, 7) is 14.8. The Morgan fingerprint density at radius 3 is 2.32 bits per heavy atom. The highest BCUT2D eigenvalue weighted by Crippen LogP contribution is 2.37. The Kier molecular flexibility index (Phi) is 5.65. The maximum atomic E-state index is 6.33. The molecule has 0 saturated carbocycles. The summed E-state index contributed by atoms with van der Waals surface area (Å²) in [7, 11) is -0.288. The van der Waals surface area contributed by atoms with Crippen molar-refractivity contribution >= 4 is 12.6 Å². The molecule has 0 aromatic heterocycles. The molecule has 3 heterocycles. The predicted octanol–water partition coefficient (Wildman–Crippen LogP) is 3.86.